The molecule has 0 aliphatic rings. The molecule has 5 heteroatoms. The summed E-state index contributed by atoms with van der Waals surface area (Å²) < 4.78 is 0.841. The van der Waals surface area contributed by atoms with Crippen LogP contribution in [0.5, 0.6) is 0 Å². The number of halogens is 2. The van der Waals surface area contributed by atoms with E-state index in [4.69, 9.17) is 11.6 Å². The average Bonchev–Trinajstić information content (AvgIpc) is 2.74. The lowest BCUT2D eigenvalue weighted by Crippen LogP contribution is -2.32. The summed E-state index contributed by atoms with van der Waals surface area (Å²) in [7, 11) is 0. The molecule has 1 atom stereocenters. The van der Waals surface area contributed by atoms with Crippen molar-refractivity contribution in [2.24, 2.45) is 5.92 Å². The van der Waals surface area contributed by atoms with Crippen molar-refractivity contribution >= 4 is 44.8 Å². The summed E-state index contributed by atoms with van der Waals surface area (Å²) in [6, 6.07) is 1.87. The van der Waals surface area contributed by atoms with Crippen molar-refractivity contribution in [3.8, 4) is 0 Å². The fourth-order valence-electron chi connectivity index (χ4n) is 1.69. The number of amides is 1. The van der Waals surface area contributed by atoms with E-state index in [-0.39, 0.29) is 11.3 Å². The molecule has 1 amide bonds. The van der Waals surface area contributed by atoms with Gasteiger partial charge in [0, 0.05) is 11.0 Å². The highest BCUT2D eigenvalue weighted by atomic mass is 79.9. The van der Waals surface area contributed by atoms with Gasteiger partial charge in [0.25, 0.3) is 5.91 Å². The van der Waals surface area contributed by atoms with E-state index in [9.17, 15) is 4.79 Å². The molecule has 96 valence electrons. The van der Waals surface area contributed by atoms with Crippen molar-refractivity contribution < 1.29 is 4.79 Å². The van der Waals surface area contributed by atoms with Crippen LogP contribution in [0.2, 0.25) is 0 Å². The van der Waals surface area contributed by atoms with E-state index in [1.807, 2.05) is 11.4 Å². The van der Waals surface area contributed by atoms with Gasteiger partial charge in [-0.2, -0.15) is 0 Å². The van der Waals surface area contributed by atoms with Crippen LogP contribution in [-0.4, -0.2) is 17.8 Å². The Bertz CT molecular complexity index is 365. The van der Waals surface area contributed by atoms with Gasteiger partial charge in [0.2, 0.25) is 0 Å². The van der Waals surface area contributed by atoms with Gasteiger partial charge in [-0.3, -0.25) is 4.79 Å². The smallest absolute Gasteiger partial charge is 0.262 e. The molecule has 0 aliphatic carbocycles. The molecule has 0 radical (unpaired) electrons. The van der Waals surface area contributed by atoms with E-state index in [0.717, 1.165) is 17.3 Å². The molecule has 1 N–H and O–H groups in total. The van der Waals surface area contributed by atoms with Crippen LogP contribution in [0, 0.1) is 5.92 Å². The van der Waals surface area contributed by atoms with Gasteiger partial charge in [0.1, 0.15) is 4.88 Å². The lowest BCUT2D eigenvalue weighted by molar-refractivity contribution is 0.0955. The molecule has 0 saturated heterocycles. The minimum Gasteiger partial charge on any atom is -0.350 e. The standard InChI is InChI=1S/C12H17BrClNOS/c1-3-8(4-2)10(14)7-15-12(16)11-9(13)5-6-17-11/h5-6,8,10H,3-4,7H2,1-2H3,(H,15,16). The highest BCUT2D eigenvalue weighted by Crippen LogP contribution is 2.23. The van der Waals surface area contributed by atoms with Crippen LogP contribution in [0.3, 0.4) is 0 Å². The summed E-state index contributed by atoms with van der Waals surface area (Å²) in [5, 5.41) is 4.78. The Balaban J connectivity index is 2.46. The number of alkyl halides is 1. The van der Waals surface area contributed by atoms with Crippen LogP contribution in [0.1, 0.15) is 36.4 Å². The predicted molar refractivity (Wildman–Crippen MR) is 78.1 cm³/mol. The average molecular weight is 339 g/mol. The Kier molecular flexibility index (Phi) is 6.52. The van der Waals surface area contributed by atoms with Crippen molar-refractivity contribution in [1.82, 2.24) is 5.32 Å². The second-order valence-electron chi connectivity index (χ2n) is 3.90. The van der Waals surface area contributed by atoms with Gasteiger partial charge in [-0.25, -0.2) is 0 Å². The lowest BCUT2D eigenvalue weighted by Gasteiger charge is -2.19. The number of rotatable bonds is 6. The normalized spacial score (nSPS) is 12.8. The van der Waals surface area contributed by atoms with Crippen LogP contribution in [0.15, 0.2) is 15.9 Å². The molecule has 2 nitrogen and oxygen atoms in total. The fraction of sp³-hybridized carbons (Fsp3) is 0.583. The molecule has 1 unspecified atom stereocenters. The van der Waals surface area contributed by atoms with Gasteiger partial charge >= 0.3 is 0 Å². The fourth-order valence-corrected chi connectivity index (χ4v) is 3.59. The third-order valence-corrected chi connectivity index (χ3v) is 5.19. The number of hydrogen-bond acceptors (Lipinski definition) is 2. The maximum atomic E-state index is 11.8. The lowest BCUT2D eigenvalue weighted by atomic mass is 9.99. The monoisotopic (exact) mass is 337 g/mol. The molecule has 0 spiro atoms. The summed E-state index contributed by atoms with van der Waals surface area (Å²) in [5.41, 5.74) is 0. The van der Waals surface area contributed by atoms with Gasteiger partial charge in [0.15, 0.2) is 0 Å². The molecule has 1 heterocycles. The first-order valence-electron chi connectivity index (χ1n) is 5.75. The number of hydrogen-bond donors (Lipinski definition) is 1. The van der Waals surface area contributed by atoms with Crippen molar-refractivity contribution in [2.75, 3.05) is 6.54 Å². The molecule has 0 fully saturated rings. The first-order valence-corrected chi connectivity index (χ1v) is 7.86. The van der Waals surface area contributed by atoms with E-state index in [1.165, 1.54) is 11.3 Å². The van der Waals surface area contributed by atoms with Crippen molar-refractivity contribution in [3.63, 3.8) is 0 Å². The SMILES string of the molecule is CCC(CC)C(Cl)CNC(=O)c1sccc1Br. The first kappa shape index (κ1) is 15.0. The Labute approximate surface area is 120 Å². The summed E-state index contributed by atoms with van der Waals surface area (Å²) in [4.78, 5) is 12.5. The third kappa shape index (κ3) is 4.27. The maximum absolute atomic E-state index is 11.8. The van der Waals surface area contributed by atoms with Gasteiger partial charge in [-0.1, -0.05) is 26.7 Å². The Morgan fingerprint density at radius 1 is 1.53 bits per heavy atom. The number of thiophene rings is 1. The molecule has 1 aromatic rings. The Morgan fingerprint density at radius 2 is 2.18 bits per heavy atom. The van der Waals surface area contributed by atoms with Gasteiger partial charge in [-0.15, -0.1) is 22.9 Å². The summed E-state index contributed by atoms with van der Waals surface area (Å²) in [5.74, 6) is 0.409. The number of carbonyl (C=O) groups is 1. The summed E-state index contributed by atoms with van der Waals surface area (Å²) >= 11 is 11.0. The molecule has 0 saturated carbocycles. The van der Waals surface area contributed by atoms with E-state index in [1.54, 1.807) is 0 Å². The summed E-state index contributed by atoms with van der Waals surface area (Å²) in [6.45, 7) is 4.78. The molecular weight excluding hydrogens is 322 g/mol. The third-order valence-electron chi connectivity index (χ3n) is 2.84. The van der Waals surface area contributed by atoms with Crippen molar-refractivity contribution in [3.05, 3.63) is 20.8 Å². The zero-order valence-electron chi connectivity index (χ0n) is 10.0. The molecule has 17 heavy (non-hydrogen) atoms. The predicted octanol–water partition coefficient (Wildman–Crippen LogP) is 4.28. The highest BCUT2D eigenvalue weighted by Gasteiger charge is 2.18. The maximum Gasteiger partial charge on any atom is 0.262 e. The topological polar surface area (TPSA) is 29.1 Å². The largest absolute Gasteiger partial charge is 0.350 e. The molecular formula is C12H17BrClNOS. The van der Waals surface area contributed by atoms with Gasteiger partial charge in [0.05, 0.1) is 5.38 Å². The second-order valence-corrected chi connectivity index (χ2v) is 6.23. The van der Waals surface area contributed by atoms with Crippen LogP contribution >= 0.6 is 38.9 Å². The van der Waals surface area contributed by atoms with Gasteiger partial charge < -0.3 is 5.32 Å². The van der Waals surface area contributed by atoms with Crippen LogP contribution in [0.4, 0.5) is 0 Å². The van der Waals surface area contributed by atoms with Crippen molar-refractivity contribution in [1.29, 1.82) is 0 Å². The zero-order chi connectivity index (χ0) is 12.8. The zero-order valence-corrected chi connectivity index (χ0v) is 13.2. The quantitative estimate of drug-likeness (QED) is 0.771. The second kappa shape index (κ2) is 7.39. The minimum atomic E-state index is -0.0523. The van der Waals surface area contributed by atoms with E-state index in [0.29, 0.717) is 17.3 Å². The molecule has 1 rings (SSSR count). The number of carbonyl (C=O) groups excluding carboxylic acids is 1. The Morgan fingerprint density at radius 3 is 2.65 bits per heavy atom. The molecule has 0 aliphatic heterocycles. The molecule has 0 aromatic carbocycles. The first-order chi connectivity index (χ1) is 8.10. The van der Waals surface area contributed by atoms with E-state index < -0.39 is 0 Å². The van der Waals surface area contributed by atoms with Crippen LogP contribution < -0.4 is 5.32 Å². The number of nitrogens with one attached hydrogen (secondary N) is 1. The van der Waals surface area contributed by atoms with E-state index >= 15 is 0 Å². The van der Waals surface area contributed by atoms with Gasteiger partial charge in [-0.05, 0) is 33.3 Å². The van der Waals surface area contributed by atoms with Crippen LogP contribution in [0.25, 0.3) is 0 Å². The Hall–Kier alpha value is -0.0600. The van der Waals surface area contributed by atoms with Crippen molar-refractivity contribution in [2.45, 2.75) is 32.1 Å². The summed E-state index contributed by atoms with van der Waals surface area (Å²) in [6.07, 6.45) is 2.09. The molecule has 1 aromatic heterocycles. The van der Waals surface area contributed by atoms with Crippen LogP contribution in [-0.2, 0) is 0 Å². The minimum absolute atomic E-state index is 0.00712. The highest BCUT2D eigenvalue weighted by molar-refractivity contribution is 9.10. The molecule has 0 bridgehead atoms. The van der Waals surface area contributed by atoms with E-state index in [2.05, 4.69) is 35.1 Å².